The van der Waals surface area contributed by atoms with Gasteiger partial charge in [-0.15, -0.1) is 0 Å². The van der Waals surface area contributed by atoms with Crippen LogP contribution >= 0.6 is 0 Å². The molecule has 0 spiro atoms. The first-order chi connectivity index (χ1) is 20.2. The molecule has 2 aliphatic heterocycles. The lowest BCUT2D eigenvalue weighted by molar-refractivity contribution is -0.305. The molecule has 5 rings (SSSR count). The van der Waals surface area contributed by atoms with Gasteiger partial charge in [0.1, 0.15) is 18.3 Å². The van der Waals surface area contributed by atoms with Gasteiger partial charge < -0.3 is 40.1 Å². The number of benzene rings is 3. The minimum atomic E-state index is -1.82. The molecule has 0 radical (unpaired) electrons. The van der Waals surface area contributed by atoms with Crippen molar-refractivity contribution < 1.29 is 44.3 Å². The fraction of sp³-hybridized carbons (Fsp3) is 0.323. The van der Waals surface area contributed by atoms with Crippen LogP contribution in [0.3, 0.4) is 0 Å². The molecule has 0 bridgehead atoms. The third-order valence-electron chi connectivity index (χ3n) is 7.56. The minimum Gasteiger partial charge on any atom is -0.479 e. The predicted octanol–water partition coefficient (Wildman–Crippen LogP) is 2.64. The highest BCUT2D eigenvalue weighted by Crippen LogP contribution is 2.38. The summed E-state index contributed by atoms with van der Waals surface area (Å²) in [6.07, 6.45) is -8.38. The van der Waals surface area contributed by atoms with Crippen molar-refractivity contribution >= 4 is 29.2 Å². The van der Waals surface area contributed by atoms with Crippen molar-refractivity contribution in [3.8, 4) is 0 Å². The number of para-hydroxylation sites is 1. The Morgan fingerprint density at radius 1 is 0.905 bits per heavy atom. The summed E-state index contributed by atoms with van der Waals surface area (Å²) in [7, 11) is 0. The van der Waals surface area contributed by atoms with Crippen LogP contribution in [0.5, 0.6) is 0 Å². The van der Waals surface area contributed by atoms with Gasteiger partial charge in [0.15, 0.2) is 12.4 Å². The quantitative estimate of drug-likeness (QED) is 0.297. The van der Waals surface area contributed by atoms with Crippen molar-refractivity contribution in [3.05, 3.63) is 95.1 Å². The van der Waals surface area contributed by atoms with Gasteiger partial charge in [0.2, 0.25) is 0 Å². The third-order valence-corrected chi connectivity index (χ3v) is 7.56. The van der Waals surface area contributed by atoms with Crippen molar-refractivity contribution in [2.24, 2.45) is 0 Å². The van der Waals surface area contributed by atoms with Crippen molar-refractivity contribution in [1.82, 2.24) is 0 Å². The van der Waals surface area contributed by atoms with E-state index in [0.29, 0.717) is 47.5 Å². The number of carboxylic acid groups (broad SMARTS) is 1. The first kappa shape index (κ1) is 29.4. The molecule has 3 aromatic carbocycles. The van der Waals surface area contributed by atoms with E-state index in [-0.39, 0.29) is 11.8 Å². The number of rotatable bonds is 6. The molecule has 0 unspecified atom stereocenters. The smallest absolute Gasteiger partial charge is 0.335 e. The molecule has 2 heterocycles. The number of ether oxygens (including phenoxy) is 2. The minimum absolute atomic E-state index is 0.247. The van der Waals surface area contributed by atoms with Gasteiger partial charge in [0.25, 0.3) is 11.8 Å². The van der Waals surface area contributed by atoms with Gasteiger partial charge in [-0.05, 0) is 61.7 Å². The first-order valence-corrected chi connectivity index (χ1v) is 13.6. The fourth-order valence-corrected chi connectivity index (χ4v) is 5.27. The van der Waals surface area contributed by atoms with Crippen LogP contribution in [-0.4, -0.2) is 75.5 Å². The van der Waals surface area contributed by atoms with Crippen LogP contribution in [0.4, 0.5) is 11.4 Å². The van der Waals surface area contributed by atoms with Crippen molar-refractivity contribution in [3.63, 3.8) is 0 Å². The van der Waals surface area contributed by atoms with Crippen LogP contribution in [0.2, 0.25) is 0 Å². The fourth-order valence-electron chi connectivity index (χ4n) is 5.27. The standard InChI is InChI=1S/C31H32N2O9/c1-17-7-2-3-8-20(17)28(37)32-19-14-12-18(13-15-19)29(38)33-16-6-11-23(21-9-4-5-10-22(21)33)41-31-26(36)24(34)25(35)27(42-31)30(39)40/h2-5,7-10,12-15,23-27,31,34-36H,6,11,16H2,1H3,(H,32,37)(H,39,40)/t23-,24-,25-,26+,27-,31+/m0/s1. The second-order valence-electron chi connectivity index (χ2n) is 10.4. The number of carbonyl (C=O) groups is 3. The average molecular weight is 577 g/mol. The van der Waals surface area contributed by atoms with Crippen LogP contribution in [0.1, 0.15) is 50.8 Å². The van der Waals surface area contributed by atoms with Gasteiger partial charge in [-0.3, -0.25) is 9.59 Å². The Morgan fingerprint density at radius 3 is 2.31 bits per heavy atom. The summed E-state index contributed by atoms with van der Waals surface area (Å²) in [6.45, 7) is 2.21. The van der Waals surface area contributed by atoms with Crippen LogP contribution in [-0.2, 0) is 14.3 Å². The summed E-state index contributed by atoms with van der Waals surface area (Å²) in [5.74, 6) is -2.01. The average Bonchev–Trinajstić information content (AvgIpc) is 3.17. The molecular weight excluding hydrogens is 544 g/mol. The van der Waals surface area contributed by atoms with E-state index in [4.69, 9.17) is 9.47 Å². The molecule has 3 aromatic rings. The van der Waals surface area contributed by atoms with E-state index in [0.717, 1.165) is 5.56 Å². The maximum Gasteiger partial charge on any atom is 0.335 e. The van der Waals surface area contributed by atoms with E-state index in [1.807, 2.05) is 19.1 Å². The van der Waals surface area contributed by atoms with E-state index < -0.39 is 42.8 Å². The zero-order chi connectivity index (χ0) is 30.0. The van der Waals surface area contributed by atoms with Gasteiger partial charge in [-0.1, -0.05) is 36.4 Å². The molecule has 0 saturated carbocycles. The highest BCUT2D eigenvalue weighted by Gasteiger charge is 2.48. The highest BCUT2D eigenvalue weighted by atomic mass is 16.7. The molecule has 5 N–H and O–H groups in total. The Bertz CT molecular complexity index is 1460. The van der Waals surface area contributed by atoms with Crippen molar-refractivity contribution in [2.75, 3.05) is 16.8 Å². The number of carbonyl (C=O) groups excluding carboxylic acids is 2. The third kappa shape index (κ3) is 5.91. The maximum absolute atomic E-state index is 13.7. The summed E-state index contributed by atoms with van der Waals surface area (Å²) in [5.41, 5.74) is 3.55. The van der Waals surface area contributed by atoms with E-state index in [9.17, 15) is 34.8 Å². The van der Waals surface area contributed by atoms with Gasteiger partial charge in [-0.2, -0.15) is 0 Å². The zero-order valence-electron chi connectivity index (χ0n) is 22.8. The number of amides is 2. The Morgan fingerprint density at radius 2 is 1.60 bits per heavy atom. The topological polar surface area (TPSA) is 166 Å². The Hall–Kier alpha value is -4.13. The summed E-state index contributed by atoms with van der Waals surface area (Å²) in [4.78, 5) is 39.5. The lowest BCUT2D eigenvalue weighted by atomic mass is 9.98. The Balaban J connectivity index is 1.33. The lowest BCUT2D eigenvalue weighted by Gasteiger charge is -2.39. The monoisotopic (exact) mass is 576 g/mol. The number of aliphatic hydroxyl groups excluding tert-OH is 3. The van der Waals surface area contributed by atoms with Crippen LogP contribution in [0.15, 0.2) is 72.8 Å². The van der Waals surface area contributed by atoms with Gasteiger partial charge in [0.05, 0.1) is 6.10 Å². The normalized spacial score (nSPS) is 25.7. The molecule has 42 heavy (non-hydrogen) atoms. The first-order valence-electron chi connectivity index (χ1n) is 13.6. The molecule has 1 fully saturated rings. The maximum atomic E-state index is 13.7. The molecule has 0 aliphatic carbocycles. The molecule has 2 amide bonds. The second kappa shape index (κ2) is 12.4. The number of nitrogens with zero attached hydrogens (tertiary/aromatic N) is 1. The number of aliphatic carboxylic acids is 1. The SMILES string of the molecule is Cc1ccccc1C(=O)Nc1ccc(C(=O)N2CCC[C@H](O[C@@H]3O[C@H](C(=O)O)[C@@H](O)[C@H](O)[C@H]3O)c3ccccc32)cc1. The van der Waals surface area contributed by atoms with Crippen LogP contribution in [0.25, 0.3) is 0 Å². The molecule has 11 heteroatoms. The molecule has 6 atom stereocenters. The Kier molecular flexibility index (Phi) is 8.66. The summed E-state index contributed by atoms with van der Waals surface area (Å²) >= 11 is 0. The van der Waals surface area contributed by atoms with E-state index >= 15 is 0 Å². The van der Waals surface area contributed by atoms with Crippen LogP contribution < -0.4 is 10.2 Å². The lowest BCUT2D eigenvalue weighted by Crippen LogP contribution is -2.60. The van der Waals surface area contributed by atoms with Gasteiger partial charge in [-0.25, -0.2) is 4.79 Å². The molecule has 2 aliphatic rings. The zero-order valence-corrected chi connectivity index (χ0v) is 22.8. The number of hydrogen-bond donors (Lipinski definition) is 5. The van der Waals surface area contributed by atoms with E-state index in [1.165, 1.54) is 0 Å². The van der Waals surface area contributed by atoms with Crippen LogP contribution in [0, 0.1) is 6.92 Å². The number of aliphatic hydroxyl groups is 3. The predicted molar refractivity (Wildman–Crippen MR) is 151 cm³/mol. The number of aryl methyl sites for hydroxylation is 1. The molecular formula is C31H32N2O9. The number of nitrogens with one attached hydrogen (secondary N) is 1. The molecule has 0 aromatic heterocycles. The number of hydrogen-bond acceptors (Lipinski definition) is 8. The number of anilines is 2. The van der Waals surface area contributed by atoms with Gasteiger partial charge in [0, 0.05) is 34.6 Å². The van der Waals surface area contributed by atoms with Crippen molar-refractivity contribution in [2.45, 2.75) is 56.6 Å². The highest BCUT2D eigenvalue weighted by molar-refractivity contribution is 6.08. The van der Waals surface area contributed by atoms with Crippen molar-refractivity contribution in [1.29, 1.82) is 0 Å². The summed E-state index contributed by atoms with van der Waals surface area (Å²) < 4.78 is 11.3. The molecule has 220 valence electrons. The number of carboxylic acids is 1. The second-order valence-corrected chi connectivity index (χ2v) is 10.4. The Labute approximate surface area is 241 Å². The van der Waals surface area contributed by atoms with Gasteiger partial charge >= 0.3 is 5.97 Å². The molecule has 1 saturated heterocycles. The summed E-state index contributed by atoms with van der Waals surface area (Å²) in [5, 5.41) is 42.9. The molecule has 11 nitrogen and oxygen atoms in total. The van der Waals surface area contributed by atoms with E-state index in [1.54, 1.807) is 65.6 Å². The number of fused-ring (bicyclic) bond motifs is 1. The van der Waals surface area contributed by atoms with E-state index in [2.05, 4.69) is 5.32 Å². The summed E-state index contributed by atoms with van der Waals surface area (Å²) in [6, 6.07) is 21.0. The largest absolute Gasteiger partial charge is 0.479 e.